The maximum absolute atomic E-state index is 10.3. The summed E-state index contributed by atoms with van der Waals surface area (Å²) >= 11 is 1.72. The summed E-state index contributed by atoms with van der Waals surface area (Å²) in [6.45, 7) is 10.4. The Bertz CT molecular complexity index is 620. The third-order valence-corrected chi connectivity index (χ3v) is 5.56. The first-order valence-electron chi connectivity index (χ1n) is 8.38. The first-order valence-corrected chi connectivity index (χ1v) is 9.19. The Morgan fingerprint density at radius 2 is 1.92 bits per heavy atom. The predicted molar refractivity (Wildman–Crippen MR) is 101 cm³/mol. The van der Waals surface area contributed by atoms with Gasteiger partial charge < -0.3 is 10.4 Å². The van der Waals surface area contributed by atoms with Crippen LogP contribution in [0.2, 0.25) is 0 Å². The van der Waals surface area contributed by atoms with Gasteiger partial charge in [0.15, 0.2) is 0 Å². The Morgan fingerprint density at radius 1 is 1.25 bits per heavy atom. The number of thiazole rings is 1. The third-order valence-electron chi connectivity index (χ3n) is 4.16. The van der Waals surface area contributed by atoms with Crippen LogP contribution in [0.3, 0.4) is 0 Å². The van der Waals surface area contributed by atoms with Crippen LogP contribution in [-0.4, -0.2) is 41.2 Å². The minimum Gasteiger partial charge on any atom is -0.390 e. The van der Waals surface area contributed by atoms with E-state index in [1.165, 1.54) is 10.4 Å². The van der Waals surface area contributed by atoms with Crippen LogP contribution in [0.25, 0.3) is 0 Å². The van der Waals surface area contributed by atoms with Crippen molar-refractivity contribution in [2.45, 2.75) is 45.9 Å². The number of likely N-dealkylation sites (N-methyl/N-ethyl adjacent to an activating group) is 1. The summed E-state index contributed by atoms with van der Waals surface area (Å²) in [5.41, 5.74) is 2.12. The number of nitrogens with zero attached hydrogens (tertiary/aromatic N) is 2. The van der Waals surface area contributed by atoms with Crippen LogP contribution in [0.5, 0.6) is 0 Å². The van der Waals surface area contributed by atoms with Crippen LogP contribution in [0.1, 0.15) is 35.0 Å². The topological polar surface area (TPSA) is 48.4 Å². The molecule has 1 heterocycles. The van der Waals surface area contributed by atoms with E-state index in [2.05, 4.69) is 48.1 Å². The molecular weight excluding hydrogens is 318 g/mol. The number of aromatic nitrogens is 1. The zero-order valence-electron chi connectivity index (χ0n) is 15.3. The van der Waals surface area contributed by atoms with Crippen molar-refractivity contribution >= 4 is 11.3 Å². The lowest BCUT2D eigenvalue weighted by molar-refractivity contribution is 0.113. The lowest BCUT2D eigenvalue weighted by atomic mass is 10.1. The highest BCUT2D eigenvalue weighted by atomic mass is 32.1. The number of aryl methyl sites for hydroxylation is 2. The molecule has 0 saturated carbocycles. The van der Waals surface area contributed by atoms with Gasteiger partial charge in [0.2, 0.25) is 0 Å². The van der Waals surface area contributed by atoms with Gasteiger partial charge in [-0.05, 0) is 40.3 Å². The van der Waals surface area contributed by atoms with E-state index in [0.29, 0.717) is 13.1 Å². The van der Waals surface area contributed by atoms with Crippen molar-refractivity contribution in [2.75, 3.05) is 20.1 Å². The molecule has 0 fully saturated rings. The van der Waals surface area contributed by atoms with Gasteiger partial charge in [0.1, 0.15) is 5.01 Å². The Labute approximate surface area is 149 Å². The van der Waals surface area contributed by atoms with Crippen molar-refractivity contribution in [1.82, 2.24) is 15.2 Å². The Morgan fingerprint density at radius 3 is 2.50 bits per heavy atom. The fraction of sp³-hybridized carbons (Fsp3) is 0.526. The van der Waals surface area contributed by atoms with Gasteiger partial charge >= 0.3 is 0 Å². The first-order chi connectivity index (χ1) is 11.3. The first kappa shape index (κ1) is 19.1. The summed E-state index contributed by atoms with van der Waals surface area (Å²) in [5.74, 6) is 0. The molecule has 1 unspecified atom stereocenters. The molecule has 0 radical (unpaired) electrons. The third kappa shape index (κ3) is 5.38. The van der Waals surface area contributed by atoms with Gasteiger partial charge in [0, 0.05) is 24.5 Å². The molecule has 1 aromatic carbocycles. The molecule has 5 heteroatoms. The predicted octanol–water partition coefficient (Wildman–Crippen LogP) is 3.08. The average Bonchev–Trinajstić information content (AvgIpc) is 2.86. The second-order valence-corrected chi connectivity index (χ2v) is 8.21. The van der Waals surface area contributed by atoms with Crippen LogP contribution in [-0.2, 0) is 12.1 Å². The number of hydrogen-bond acceptors (Lipinski definition) is 5. The maximum atomic E-state index is 10.3. The molecule has 0 aliphatic rings. The molecule has 0 saturated heterocycles. The second-order valence-electron chi connectivity index (χ2n) is 7.00. The summed E-state index contributed by atoms with van der Waals surface area (Å²) < 4.78 is 0. The van der Waals surface area contributed by atoms with Gasteiger partial charge in [0.05, 0.1) is 17.3 Å². The molecule has 0 aliphatic heterocycles. The van der Waals surface area contributed by atoms with E-state index in [1.54, 1.807) is 11.3 Å². The van der Waals surface area contributed by atoms with Crippen LogP contribution in [0, 0.1) is 13.8 Å². The molecule has 24 heavy (non-hydrogen) atoms. The van der Waals surface area contributed by atoms with E-state index in [4.69, 9.17) is 0 Å². The molecule has 0 amide bonds. The minimum atomic E-state index is -0.417. The van der Waals surface area contributed by atoms with E-state index >= 15 is 0 Å². The highest BCUT2D eigenvalue weighted by Crippen LogP contribution is 2.27. The van der Waals surface area contributed by atoms with E-state index in [9.17, 15) is 5.11 Å². The zero-order chi connectivity index (χ0) is 17.7. The summed E-state index contributed by atoms with van der Waals surface area (Å²) in [7, 11) is 2.04. The van der Waals surface area contributed by atoms with Crippen LogP contribution >= 0.6 is 11.3 Å². The zero-order valence-corrected chi connectivity index (χ0v) is 16.2. The van der Waals surface area contributed by atoms with Crippen molar-refractivity contribution < 1.29 is 5.11 Å². The second kappa shape index (κ2) is 8.21. The molecule has 2 aromatic rings. The fourth-order valence-electron chi connectivity index (χ4n) is 2.57. The molecule has 132 valence electrons. The number of aliphatic hydroxyl groups is 1. The highest BCUT2D eigenvalue weighted by molar-refractivity contribution is 7.11. The highest BCUT2D eigenvalue weighted by Gasteiger charge is 2.25. The Balaban J connectivity index is 1.82. The molecule has 2 rings (SSSR count). The minimum absolute atomic E-state index is 0.233. The largest absolute Gasteiger partial charge is 0.390 e. The van der Waals surface area contributed by atoms with Gasteiger partial charge in [-0.2, -0.15) is 0 Å². The summed E-state index contributed by atoms with van der Waals surface area (Å²) in [5, 5.41) is 14.9. The van der Waals surface area contributed by atoms with Gasteiger partial charge in [-0.3, -0.25) is 4.90 Å². The number of nitrogens with one attached hydrogen (secondary N) is 1. The van der Waals surface area contributed by atoms with Crippen molar-refractivity contribution in [3.05, 3.63) is 51.5 Å². The molecule has 0 bridgehead atoms. The smallest absolute Gasteiger partial charge is 0.113 e. The molecule has 1 atom stereocenters. The molecule has 0 spiro atoms. The molecular formula is C19H29N3OS. The summed E-state index contributed by atoms with van der Waals surface area (Å²) in [4.78, 5) is 8.04. The van der Waals surface area contributed by atoms with Gasteiger partial charge in [-0.15, -0.1) is 11.3 Å². The monoisotopic (exact) mass is 347 g/mol. The van der Waals surface area contributed by atoms with Crippen LogP contribution < -0.4 is 5.32 Å². The maximum Gasteiger partial charge on any atom is 0.113 e. The lowest BCUT2D eigenvalue weighted by Gasteiger charge is -2.27. The summed E-state index contributed by atoms with van der Waals surface area (Å²) in [6, 6.07) is 10.3. The van der Waals surface area contributed by atoms with E-state index in [0.717, 1.165) is 17.2 Å². The van der Waals surface area contributed by atoms with Gasteiger partial charge in [0.25, 0.3) is 0 Å². The molecule has 4 nitrogen and oxygen atoms in total. The van der Waals surface area contributed by atoms with Crippen molar-refractivity contribution in [3.63, 3.8) is 0 Å². The van der Waals surface area contributed by atoms with Crippen LogP contribution in [0.4, 0.5) is 0 Å². The van der Waals surface area contributed by atoms with Gasteiger partial charge in [-0.25, -0.2) is 4.98 Å². The van der Waals surface area contributed by atoms with E-state index in [1.807, 2.05) is 32.2 Å². The Kier molecular flexibility index (Phi) is 6.52. The average molecular weight is 348 g/mol. The number of rotatable bonds is 8. The summed E-state index contributed by atoms with van der Waals surface area (Å²) in [6.07, 6.45) is -0.417. The number of aliphatic hydroxyl groups excluding tert-OH is 1. The van der Waals surface area contributed by atoms with Crippen LogP contribution in [0.15, 0.2) is 30.3 Å². The van der Waals surface area contributed by atoms with E-state index < -0.39 is 6.10 Å². The normalized spacial score (nSPS) is 13.5. The number of hydrogen-bond donors (Lipinski definition) is 2. The molecule has 0 aliphatic carbocycles. The fourth-order valence-corrected chi connectivity index (χ4v) is 3.57. The van der Waals surface area contributed by atoms with Gasteiger partial charge in [-0.1, -0.05) is 30.3 Å². The SMILES string of the molecule is Cc1nc(C(C)(C)NCC(O)CN(C)Cc2ccccc2)sc1C. The molecule has 2 N–H and O–H groups in total. The Hall–Kier alpha value is -1.27. The molecule has 1 aromatic heterocycles. The number of benzene rings is 1. The quantitative estimate of drug-likeness (QED) is 0.770. The lowest BCUT2D eigenvalue weighted by Crippen LogP contribution is -2.44. The van der Waals surface area contributed by atoms with Crippen molar-refractivity contribution in [1.29, 1.82) is 0 Å². The van der Waals surface area contributed by atoms with Crippen molar-refractivity contribution in [2.24, 2.45) is 0 Å². The van der Waals surface area contributed by atoms with Crippen molar-refractivity contribution in [3.8, 4) is 0 Å². The van der Waals surface area contributed by atoms with E-state index in [-0.39, 0.29) is 5.54 Å². The standard InChI is InChI=1S/C19H29N3OS/c1-14-15(2)24-18(21-14)19(3,4)20-11-17(23)13-22(5)12-16-9-7-6-8-10-16/h6-10,17,20,23H,11-13H2,1-5H3.